The van der Waals surface area contributed by atoms with Crippen LogP contribution in [-0.2, 0) is 20.9 Å². The summed E-state index contributed by atoms with van der Waals surface area (Å²) < 4.78 is 4.92. The zero-order valence-electron chi connectivity index (χ0n) is 17.6. The second-order valence-corrected chi connectivity index (χ2v) is 7.67. The van der Waals surface area contributed by atoms with Gasteiger partial charge in [-0.25, -0.2) is 4.79 Å². The van der Waals surface area contributed by atoms with Crippen LogP contribution in [0.5, 0.6) is 0 Å². The Labute approximate surface area is 178 Å². The van der Waals surface area contributed by atoms with Gasteiger partial charge in [-0.2, -0.15) is 0 Å². The normalized spacial score (nSPS) is 14.1. The first-order chi connectivity index (χ1) is 14.5. The van der Waals surface area contributed by atoms with Crippen LogP contribution in [0.2, 0.25) is 0 Å². The van der Waals surface area contributed by atoms with Gasteiger partial charge in [-0.1, -0.05) is 35.9 Å². The van der Waals surface area contributed by atoms with Crippen LogP contribution in [0.15, 0.2) is 66.2 Å². The maximum atomic E-state index is 12.0. The van der Waals surface area contributed by atoms with Crippen molar-refractivity contribution >= 4 is 23.3 Å². The summed E-state index contributed by atoms with van der Waals surface area (Å²) in [5.41, 5.74) is 4.00. The van der Waals surface area contributed by atoms with Crippen molar-refractivity contribution in [3.63, 3.8) is 0 Å². The first-order valence-electron chi connectivity index (χ1n) is 10.2. The number of rotatable bonds is 7. The minimum Gasteiger partial charge on any atom is -0.452 e. The van der Waals surface area contributed by atoms with Crippen molar-refractivity contribution in [3.05, 3.63) is 71.8 Å². The van der Waals surface area contributed by atoms with E-state index < -0.39 is 5.97 Å². The number of allylic oxidation sites excluding steroid dienone is 1. The Hall–Kier alpha value is -3.12. The van der Waals surface area contributed by atoms with Crippen molar-refractivity contribution in [2.45, 2.75) is 20.4 Å². The lowest BCUT2D eigenvalue weighted by atomic mass is 10.2. The average molecular weight is 408 g/mol. The van der Waals surface area contributed by atoms with Crippen molar-refractivity contribution in [1.82, 2.24) is 4.90 Å². The van der Waals surface area contributed by atoms with Crippen LogP contribution in [-0.4, -0.2) is 49.6 Å². The monoisotopic (exact) mass is 407 g/mol. The van der Waals surface area contributed by atoms with E-state index in [1.807, 2.05) is 30.3 Å². The first-order valence-corrected chi connectivity index (χ1v) is 10.2. The van der Waals surface area contributed by atoms with E-state index in [0.29, 0.717) is 5.69 Å². The summed E-state index contributed by atoms with van der Waals surface area (Å²) in [5.74, 6) is -0.861. The number of carbonyl (C=O) groups excluding carboxylic acids is 2. The lowest BCUT2D eigenvalue weighted by Gasteiger charge is -2.36. The van der Waals surface area contributed by atoms with Gasteiger partial charge in [0.05, 0.1) is 0 Å². The number of piperazine rings is 1. The van der Waals surface area contributed by atoms with Gasteiger partial charge in [0, 0.05) is 50.2 Å². The molecule has 2 aromatic rings. The molecule has 1 amide bonds. The summed E-state index contributed by atoms with van der Waals surface area (Å²) in [5, 5.41) is 2.75. The molecule has 0 bridgehead atoms. The highest BCUT2D eigenvalue weighted by Gasteiger charge is 2.17. The predicted molar refractivity (Wildman–Crippen MR) is 119 cm³/mol. The number of anilines is 2. The number of hydrogen-bond acceptors (Lipinski definition) is 5. The second kappa shape index (κ2) is 10.6. The molecule has 1 aliphatic rings. The van der Waals surface area contributed by atoms with Gasteiger partial charge < -0.3 is 15.0 Å². The molecule has 0 aliphatic carbocycles. The lowest BCUT2D eigenvalue weighted by molar-refractivity contribution is -0.142. The molecule has 0 saturated carbocycles. The van der Waals surface area contributed by atoms with Crippen molar-refractivity contribution in [2.75, 3.05) is 43.0 Å². The van der Waals surface area contributed by atoms with Gasteiger partial charge in [0.2, 0.25) is 0 Å². The highest BCUT2D eigenvalue weighted by Crippen LogP contribution is 2.20. The lowest BCUT2D eigenvalue weighted by Crippen LogP contribution is -2.45. The van der Waals surface area contributed by atoms with Crippen LogP contribution < -0.4 is 10.2 Å². The number of hydrogen-bond donors (Lipinski definition) is 1. The maximum absolute atomic E-state index is 12.0. The number of nitrogens with one attached hydrogen (secondary N) is 1. The van der Waals surface area contributed by atoms with Gasteiger partial charge in [0.1, 0.15) is 0 Å². The fourth-order valence-electron chi connectivity index (χ4n) is 3.37. The summed E-state index contributed by atoms with van der Waals surface area (Å²) in [6, 6.07) is 18.3. The van der Waals surface area contributed by atoms with E-state index in [-0.39, 0.29) is 12.5 Å². The zero-order valence-corrected chi connectivity index (χ0v) is 17.6. The molecular formula is C24H29N3O3. The minimum absolute atomic E-state index is 0.298. The Balaban J connectivity index is 1.44. The highest BCUT2D eigenvalue weighted by molar-refractivity contribution is 5.94. The first kappa shape index (κ1) is 21.6. The number of benzene rings is 2. The van der Waals surface area contributed by atoms with E-state index >= 15 is 0 Å². The Morgan fingerprint density at radius 2 is 1.63 bits per heavy atom. The van der Waals surface area contributed by atoms with Gasteiger partial charge in [0.25, 0.3) is 5.91 Å². The Bertz CT molecular complexity index is 866. The molecule has 0 spiro atoms. The summed E-state index contributed by atoms with van der Waals surface area (Å²) in [7, 11) is 0. The number of nitrogens with zero attached hydrogens (tertiary/aromatic N) is 2. The summed E-state index contributed by atoms with van der Waals surface area (Å²) in [6.45, 7) is 8.26. The third-order valence-electron chi connectivity index (χ3n) is 4.89. The summed E-state index contributed by atoms with van der Waals surface area (Å²) in [6.07, 6.45) is 1.36. The summed E-state index contributed by atoms with van der Waals surface area (Å²) in [4.78, 5) is 28.2. The van der Waals surface area contributed by atoms with Crippen molar-refractivity contribution in [2.24, 2.45) is 0 Å². The molecule has 1 saturated heterocycles. The SMILES string of the molecule is CC(C)=CC(=O)OCC(=O)Nc1ccc(N2CCN(Cc3ccccc3)CC2)cc1. The van der Waals surface area contributed by atoms with Crippen LogP contribution in [0, 0.1) is 0 Å². The van der Waals surface area contributed by atoms with Gasteiger partial charge >= 0.3 is 5.97 Å². The van der Waals surface area contributed by atoms with E-state index in [1.165, 1.54) is 11.6 Å². The second-order valence-electron chi connectivity index (χ2n) is 7.67. The van der Waals surface area contributed by atoms with Crippen LogP contribution in [0.3, 0.4) is 0 Å². The Kier molecular flexibility index (Phi) is 7.63. The number of esters is 1. The Morgan fingerprint density at radius 3 is 2.27 bits per heavy atom. The summed E-state index contributed by atoms with van der Waals surface area (Å²) >= 11 is 0. The largest absolute Gasteiger partial charge is 0.452 e. The highest BCUT2D eigenvalue weighted by atomic mass is 16.5. The maximum Gasteiger partial charge on any atom is 0.331 e. The van der Waals surface area contributed by atoms with Crippen LogP contribution in [0.1, 0.15) is 19.4 Å². The standard InChI is InChI=1S/C24H29N3O3/c1-19(2)16-24(29)30-18-23(28)25-21-8-10-22(11-9-21)27-14-12-26(13-15-27)17-20-6-4-3-5-7-20/h3-11,16H,12-15,17-18H2,1-2H3,(H,25,28). The molecule has 6 heteroatoms. The molecule has 1 fully saturated rings. The smallest absolute Gasteiger partial charge is 0.331 e. The third-order valence-corrected chi connectivity index (χ3v) is 4.89. The molecule has 0 unspecified atom stereocenters. The molecular weight excluding hydrogens is 378 g/mol. The van der Waals surface area contributed by atoms with Crippen LogP contribution >= 0.6 is 0 Å². The Morgan fingerprint density at radius 1 is 0.967 bits per heavy atom. The fourth-order valence-corrected chi connectivity index (χ4v) is 3.37. The van der Waals surface area contributed by atoms with Crippen molar-refractivity contribution < 1.29 is 14.3 Å². The molecule has 3 rings (SSSR count). The number of amides is 1. The number of carbonyl (C=O) groups is 2. The quantitative estimate of drug-likeness (QED) is 0.563. The van der Waals surface area contributed by atoms with Crippen molar-refractivity contribution in [3.8, 4) is 0 Å². The number of ether oxygens (including phenoxy) is 1. The van der Waals surface area contributed by atoms with E-state index in [9.17, 15) is 9.59 Å². The van der Waals surface area contributed by atoms with Crippen molar-refractivity contribution in [1.29, 1.82) is 0 Å². The predicted octanol–water partition coefficient (Wildman–Crippen LogP) is 3.46. The molecule has 0 atom stereocenters. The molecule has 1 N–H and O–H groups in total. The van der Waals surface area contributed by atoms with Crippen LogP contribution in [0.4, 0.5) is 11.4 Å². The van der Waals surface area contributed by atoms with E-state index in [2.05, 4.69) is 39.4 Å². The van der Waals surface area contributed by atoms with Gasteiger partial charge in [-0.3, -0.25) is 9.69 Å². The molecule has 1 heterocycles. The van der Waals surface area contributed by atoms with Gasteiger partial charge in [-0.15, -0.1) is 0 Å². The zero-order chi connectivity index (χ0) is 21.3. The molecule has 1 aliphatic heterocycles. The third kappa shape index (κ3) is 6.74. The molecule has 0 aromatic heterocycles. The van der Waals surface area contributed by atoms with Crippen LogP contribution in [0.25, 0.3) is 0 Å². The average Bonchev–Trinajstić information content (AvgIpc) is 2.74. The van der Waals surface area contributed by atoms with Gasteiger partial charge in [-0.05, 0) is 43.7 Å². The molecule has 158 valence electrons. The topological polar surface area (TPSA) is 61.9 Å². The van der Waals surface area contributed by atoms with E-state index in [1.54, 1.807) is 13.8 Å². The molecule has 30 heavy (non-hydrogen) atoms. The minimum atomic E-state index is -0.507. The van der Waals surface area contributed by atoms with Gasteiger partial charge in [0.15, 0.2) is 6.61 Å². The molecule has 2 aromatic carbocycles. The molecule has 6 nitrogen and oxygen atoms in total. The van der Waals surface area contributed by atoms with E-state index in [0.717, 1.165) is 44.0 Å². The molecule has 0 radical (unpaired) electrons. The van der Waals surface area contributed by atoms with E-state index in [4.69, 9.17) is 4.74 Å². The fraction of sp³-hybridized carbons (Fsp3) is 0.333.